The van der Waals surface area contributed by atoms with Crippen molar-refractivity contribution in [3.63, 3.8) is 0 Å². The smallest absolute Gasteiger partial charge is 0.240 e. The van der Waals surface area contributed by atoms with Gasteiger partial charge in [-0.05, 0) is 28.1 Å². The van der Waals surface area contributed by atoms with Crippen molar-refractivity contribution in [2.75, 3.05) is 18.1 Å². The predicted molar refractivity (Wildman–Crippen MR) is 75.3 cm³/mol. The number of aromatic nitrogens is 3. The number of aliphatic hydroxyl groups is 2. The average molecular weight is 362 g/mol. The SMILES string of the molecule is Nc1nc(N)c2ccc([C@@H]3O[C@H](CO)[C@H](O)C3(F)Br)n2n1. The zero-order valence-corrected chi connectivity index (χ0v) is 12.2. The van der Waals surface area contributed by atoms with Gasteiger partial charge in [-0.1, -0.05) is 0 Å². The number of nitrogens with two attached hydrogens (primary N) is 2. The molecule has 0 aliphatic carbocycles. The summed E-state index contributed by atoms with van der Waals surface area (Å²) in [5.74, 6) is 0.0683. The van der Waals surface area contributed by atoms with Gasteiger partial charge in [0.2, 0.25) is 10.5 Å². The lowest BCUT2D eigenvalue weighted by atomic mass is 10.1. The van der Waals surface area contributed by atoms with E-state index in [4.69, 9.17) is 21.3 Å². The Kier molecular flexibility index (Phi) is 3.28. The van der Waals surface area contributed by atoms with Crippen LogP contribution >= 0.6 is 15.9 Å². The van der Waals surface area contributed by atoms with Crippen LogP contribution in [-0.2, 0) is 4.74 Å². The summed E-state index contributed by atoms with van der Waals surface area (Å²) in [7, 11) is 0. The fourth-order valence-electron chi connectivity index (χ4n) is 2.41. The van der Waals surface area contributed by atoms with E-state index in [1.54, 1.807) is 12.1 Å². The maximum Gasteiger partial charge on any atom is 0.240 e. The number of ether oxygens (including phenoxy) is 1. The van der Waals surface area contributed by atoms with Crippen LogP contribution in [0.3, 0.4) is 0 Å². The quantitative estimate of drug-likeness (QED) is 0.542. The molecule has 8 nitrogen and oxygen atoms in total. The first-order valence-electron chi connectivity index (χ1n) is 6.09. The van der Waals surface area contributed by atoms with Crippen LogP contribution in [-0.4, -0.2) is 48.2 Å². The normalized spacial score (nSPS) is 32.9. The summed E-state index contributed by atoms with van der Waals surface area (Å²) < 4.78 is 19.1. The Morgan fingerprint density at radius 3 is 2.81 bits per heavy atom. The van der Waals surface area contributed by atoms with Gasteiger partial charge in [-0.3, -0.25) is 0 Å². The number of nitrogens with zero attached hydrogens (tertiary/aromatic N) is 3. The number of halogens is 2. The third kappa shape index (κ3) is 2.06. The molecule has 1 fully saturated rings. The summed E-state index contributed by atoms with van der Waals surface area (Å²) in [4.78, 5) is 3.81. The van der Waals surface area contributed by atoms with Crippen molar-refractivity contribution in [1.29, 1.82) is 0 Å². The molecule has 1 aliphatic rings. The minimum absolute atomic E-state index is 0.0752. The van der Waals surface area contributed by atoms with Gasteiger partial charge in [-0.2, -0.15) is 4.98 Å². The Labute approximate surface area is 126 Å². The fourth-order valence-corrected chi connectivity index (χ4v) is 3.04. The number of hydrogen-bond acceptors (Lipinski definition) is 7. The van der Waals surface area contributed by atoms with E-state index < -0.39 is 29.5 Å². The molecule has 0 amide bonds. The van der Waals surface area contributed by atoms with Crippen molar-refractivity contribution in [3.8, 4) is 0 Å². The number of fused-ring (bicyclic) bond motifs is 1. The van der Waals surface area contributed by atoms with Crippen LogP contribution in [0.2, 0.25) is 0 Å². The van der Waals surface area contributed by atoms with Crippen molar-refractivity contribution in [2.24, 2.45) is 0 Å². The zero-order valence-electron chi connectivity index (χ0n) is 10.6. The lowest BCUT2D eigenvalue weighted by Crippen LogP contribution is -2.37. The molecule has 0 spiro atoms. The summed E-state index contributed by atoms with van der Waals surface area (Å²) in [6.45, 7) is -0.516. The summed E-state index contributed by atoms with van der Waals surface area (Å²) in [6.07, 6.45) is -3.78. The molecule has 1 saturated heterocycles. The highest BCUT2D eigenvalue weighted by Crippen LogP contribution is 2.48. The Bertz CT molecular complexity index is 694. The molecule has 1 aliphatic heterocycles. The van der Waals surface area contributed by atoms with E-state index in [-0.39, 0.29) is 11.8 Å². The van der Waals surface area contributed by atoms with Crippen molar-refractivity contribution >= 4 is 33.2 Å². The van der Waals surface area contributed by atoms with Crippen LogP contribution in [0.25, 0.3) is 5.52 Å². The molecule has 6 N–H and O–H groups in total. The van der Waals surface area contributed by atoms with Gasteiger partial charge in [0.1, 0.15) is 23.8 Å². The van der Waals surface area contributed by atoms with E-state index in [2.05, 4.69) is 26.0 Å². The monoisotopic (exact) mass is 361 g/mol. The van der Waals surface area contributed by atoms with Crippen molar-refractivity contribution in [3.05, 3.63) is 17.8 Å². The lowest BCUT2D eigenvalue weighted by Gasteiger charge is -2.21. The molecule has 2 aromatic rings. The molecular formula is C11H13BrFN5O3. The predicted octanol–water partition coefficient (Wildman–Crippen LogP) is -0.253. The van der Waals surface area contributed by atoms with Gasteiger partial charge in [0.25, 0.3) is 0 Å². The molecular weight excluding hydrogens is 349 g/mol. The van der Waals surface area contributed by atoms with Gasteiger partial charge in [0.05, 0.1) is 12.3 Å². The van der Waals surface area contributed by atoms with Crippen molar-refractivity contribution in [1.82, 2.24) is 14.6 Å². The Balaban J connectivity index is 2.13. The van der Waals surface area contributed by atoms with Crippen LogP contribution in [0.15, 0.2) is 12.1 Å². The molecule has 3 rings (SSSR count). The molecule has 2 aromatic heterocycles. The second-order valence-corrected chi connectivity index (χ2v) is 5.98. The van der Waals surface area contributed by atoms with Crippen LogP contribution in [0, 0.1) is 0 Å². The molecule has 1 unspecified atom stereocenters. The Morgan fingerprint density at radius 1 is 1.48 bits per heavy atom. The first-order chi connectivity index (χ1) is 9.86. The van der Waals surface area contributed by atoms with Gasteiger partial charge in [-0.15, -0.1) is 5.10 Å². The van der Waals surface area contributed by atoms with Crippen LogP contribution in [0.1, 0.15) is 11.8 Å². The van der Waals surface area contributed by atoms with Crippen molar-refractivity contribution in [2.45, 2.75) is 22.9 Å². The second kappa shape index (κ2) is 4.77. The van der Waals surface area contributed by atoms with Gasteiger partial charge < -0.3 is 26.4 Å². The highest BCUT2D eigenvalue weighted by atomic mass is 79.9. The number of hydrogen-bond donors (Lipinski definition) is 4. The minimum Gasteiger partial charge on any atom is -0.394 e. The second-order valence-electron chi connectivity index (χ2n) is 4.77. The first kappa shape index (κ1) is 14.4. The molecule has 4 atom stereocenters. The number of nitrogen functional groups attached to an aromatic ring is 2. The van der Waals surface area contributed by atoms with Crippen LogP contribution < -0.4 is 11.5 Å². The topological polar surface area (TPSA) is 132 Å². The maximum atomic E-state index is 14.7. The number of anilines is 2. The number of alkyl halides is 2. The lowest BCUT2D eigenvalue weighted by molar-refractivity contribution is -0.0241. The summed E-state index contributed by atoms with van der Waals surface area (Å²) in [5, 5.41) is 23.0. The maximum absolute atomic E-state index is 14.7. The highest BCUT2D eigenvalue weighted by molar-refractivity contribution is 9.10. The summed E-state index contributed by atoms with van der Waals surface area (Å²) >= 11 is 2.83. The molecule has 3 heterocycles. The van der Waals surface area contributed by atoms with Gasteiger partial charge >= 0.3 is 0 Å². The fraction of sp³-hybridized carbons (Fsp3) is 0.455. The molecule has 21 heavy (non-hydrogen) atoms. The van der Waals surface area contributed by atoms with Gasteiger partial charge in [0, 0.05) is 0 Å². The van der Waals surface area contributed by atoms with Crippen molar-refractivity contribution < 1.29 is 19.3 Å². The van der Waals surface area contributed by atoms with E-state index >= 15 is 0 Å². The standard InChI is InChI=1S/C11H13BrFN5O3/c12-11(13)7(20)6(3-19)21-8(11)4-1-2-5-9(14)16-10(15)17-18(4)5/h1-2,6-8,19-20H,3H2,(H4,14,15,16,17)/t6-,7+,8+,11?/m1/s1. The third-order valence-electron chi connectivity index (χ3n) is 3.44. The molecule has 0 saturated carbocycles. The van der Waals surface area contributed by atoms with E-state index in [9.17, 15) is 9.50 Å². The minimum atomic E-state index is -2.27. The van der Waals surface area contributed by atoms with E-state index in [1.165, 1.54) is 4.52 Å². The summed E-state index contributed by atoms with van der Waals surface area (Å²) in [5.41, 5.74) is 12.0. The number of rotatable bonds is 2. The zero-order chi connectivity index (χ0) is 15.4. The Hall–Kier alpha value is -1.49. The highest BCUT2D eigenvalue weighted by Gasteiger charge is 2.57. The molecule has 0 radical (unpaired) electrons. The molecule has 10 heteroatoms. The van der Waals surface area contributed by atoms with Crippen LogP contribution in [0.4, 0.5) is 16.2 Å². The van der Waals surface area contributed by atoms with Gasteiger partial charge in [0.15, 0.2) is 5.82 Å². The third-order valence-corrected chi connectivity index (χ3v) is 4.33. The van der Waals surface area contributed by atoms with Gasteiger partial charge in [-0.25, -0.2) is 8.91 Å². The largest absolute Gasteiger partial charge is 0.394 e. The molecule has 0 aromatic carbocycles. The molecule has 114 valence electrons. The Morgan fingerprint density at radius 2 is 2.19 bits per heavy atom. The van der Waals surface area contributed by atoms with Crippen LogP contribution in [0.5, 0.6) is 0 Å². The number of aliphatic hydroxyl groups excluding tert-OH is 2. The summed E-state index contributed by atoms with van der Waals surface area (Å²) in [6, 6.07) is 3.14. The van der Waals surface area contributed by atoms with E-state index in [0.717, 1.165) is 0 Å². The average Bonchev–Trinajstić information content (AvgIpc) is 2.91. The van der Waals surface area contributed by atoms with E-state index in [0.29, 0.717) is 11.2 Å². The van der Waals surface area contributed by atoms with E-state index in [1.807, 2.05) is 0 Å². The first-order valence-corrected chi connectivity index (χ1v) is 6.88. The molecule has 0 bridgehead atoms.